The van der Waals surface area contributed by atoms with E-state index in [2.05, 4.69) is 0 Å². The molecule has 0 atom stereocenters. The Balaban J connectivity index is 0.000000173. The molecule has 0 fully saturated rings. The predicted octanol–water partition coefficient (Wildman–Crippen LogP) is 4.79. The summed E-state index contributed by atoms with van der Waals surface area (Å²) in [5, 5.41) is 31.5. The summed E-state index contributed by atoms with van der Waals surface area (Å²) in [4.78, 5) is 10.2. The molecule has 0 spiro atoms. The Bertz CT molecular complexity index is 979. The van der Waals surface area contributed by atoms with Gasteiger partial charge in [0, 0.05) is 10.8 Å². The minimum atomic E-state index is -0.879. The maximum absolute atomic E-state index is 10.2. The molecule has 0 saturated carbocycles. The van der Waals surface area contributed by atoms with Crippen molar-refractivity contribution in [2.45, 2.75) is 0 Å². The number of aromatic hydroxyl groups is 2. The van der Waals surface area contributed by atoms with Crippen LogP contribution in [0.15, 0.2) is 78.9 Å². The molecule has 25 heavy (non-hydrogen) atoms. The van der Waals surface area contributed by atoms with E-state index in [0.717, 1.165) is 10.8 Å². The highest BCUT2D eigenvalue weighted by molar-refractivity contribution is 6.13. The number of carboxylic acids is 1. The second-order valence-corrected chi connectivity index (χ2v) is 5.46. The van der Waals surface area contributed by atoms with Crippen molar-refractivity contribution in [1.82, 2.24) is 0 Å². The average molecular weight is 332 g/mol. The molecule has 0 radical (unpaired) electrons. The number of benzene rings is 4. The zero-order valence-corrected chi connectivity index (χ0v) is 13.3. The second kappa shape index (κ2) is 6.93. The maximum atomic E-state index is 10.2. The molecule has 0 aliphatic rings. The molecule has 0 saturated heterocycles. The summed E-state index contributed by atoms with van der Waals surface area (Å²) in [6, 6.07) is 23.3. The molecule has 0 amide bonds. The lowest BCUT2D eigenvalue weighted by Gasteiger charge is -2.08. The van der Waals surface area contributed by atoms with Crippen molar-refractivity contribution >= 4 is 27.5 Å². The van der Waals surface area contributed by atoms with Gasteiger partial charge in [0.15, 0.2) is 11.5 Å². The number of phenolic OH excluding ortho intramolecular Hbond substituents is 2. The molecule has 4 rings (SSSR count). The third kappa shape index (κ3) is 3.23. The van der Waals surface area contributed by atoms with E-state index in [4.69, 9.17) is 5.11 Å². The van der Waals surface area contributed by atoms with Crippen molar-refractivity contribution in [1.29, 1.82) is 0 Å². The fourth-order valence-electron chi connectivity index (χ4n) is 2.68. The van der Waals surface area contributed by atoms with Gasteiger partial charge >= 0.3 is 5.97 Å². The third-order valence-electron chi connectivity index (χ3n) is 3.90. The molecule has 4 nitrogen and oxygen atoms in total. The van der Waals surface area contributed by atoms with E-state index in [1.54, 1.807) is 42.5 Å². The molecule has 4 aromatic carbocycles. The Morgan fingerprint density at radius 3 is 1.28 bits per heavy atom. The normalized spacial score (nSPS) is 10.2. The van der Waals surface area contributed by atoms with E-state index in [-0.39, 0.29) is 11.5 Å². The van der Waals surface area contributed by atoms with Gasteiger partial charge < -0.3 is 15.3 Å². The van der Waals surface area contributed by atoms with Gasteiger partial charge in [-0.1, -0.05) is 66.7 Å². The standard InChI is InChI=1S/C14H10O2.C7H6O2/c15-13-11-7-3-1-5-9(11)10-6-2-4-8-12(10)14(13)16;8-7(9)6-4-2-1-3-5-6/h1-8,15-16H;1-5H,(H,8,9). The number of hydrogen-bond acceptors (Lipinski definition) is 3. The van der Waals surface area contributed by atoms with Crippen LogP contribution >= 0.6 is 0 Å². The third-order valence-corrected chi connectivity index (χ3v) is 3.90. The van der Waals surface area contributed by atoms with Gasteiger partial charge in [0.25, 0.3) is 0 Å². The molecule has 124 valence electrons. The van der Waals surface area contributed by atoms with Gasteiger partial charge in [-0.25, -0.2) is 4.79 Å². The SMILES string of the molecule is O=C(O)c1ccccc1.Oc1c(O)c2ccccc2c2ccccc12. The minimum absolute atomic E-state index is 0.0469. The summed E-state index contributed by atoms with van der Waals surface area (Å²) in [5.41, 5.74) is 0.331. The summed E-state index contributed by atoms with van der Waals surface area (Å²) in [5.74, 6) is -0.973. The molecule has 0 bridgehead atoms. The molecule has 0 unspecified atom stereocenters. The number of carbonyl (C=O) groups is 1. The lowest BCUT2D eigenvalue weighted by atomic mass is 10.0. The summed E-state index contributed by atoms with van der Waals surface area (Å²) in [6.45, 7) is 0. The van der Waals surface area contributed by atoms with Gasteiger partial charge in [-0.2, -0.15) is 0 Å². The van der Waals surface area contributed by atoms with Crippen molar-refractivity contribution in [2.24, 2.45) is 0 Å². The lowest BCUT2D eigenvalue weighted by Crippen LogP contribution is -1.93. The van der Waals surface area contributed by atoms with Gasteiger partial charge in [-0.15, -0.1) is 0 Å². The first kappa shape index (κ1) is 16.3. The minimum Gasteiger partial charge on any atom is -0.504 e. The van der Waals surface area contributed by atoms with E-state index in [9.17, 15) is 15.0 Å². The van der Waals surface area contributed by atoms with Gasteiger partial charge in [-0.05, 0) is 22.9 Å². The van der Waals surface area contributed by atoms with Crippen molar-refractivity contribution in [3.8, 4) is 11.5 Å². The van der Waals surface area contributed by atoms with E-state index in [1.807, 2.05) is 36.4 Å². The molecular formula is C21H16O4. The second-order valence-electron chi connectivity index (χ2n) is 5.46. The van der Waals surface area contributed by atoms with Crippen molar-refractivity contribution in [3.05, 3.63) is 84.4 Å². The van der Waals surface area contributed by atoms with Crippen molar-refractivity contribution in [2.75, 3.05) is 0 Å². The fraction of sp³-hybridized carbons (Fsp3) is 0. The van der Waals surface area contributed by atoms with Crippen LogP contribution in [0.3, 0.4) is 0 Å². The van der Waals surface area contributed by atoms with E-state index < -0.39 is 5.97 Å². The highest BCUT2D eigenvalue weighted by atomic mass is 16.4. The van der Waals surface area contributed by atoms with Crippen LogP contribution in [0.1, 0.15) is 10.4 Å². The highest BCUT2D eigenvalue weighted by Crippen LogP contribution is 2.41. The summed E-state index contributed by atoms with van der Waals surface area (Å²) >= 11 is 0. The number of rotatable bonds is 1. The van der Waals surface area contributed by atoms with E-state index in [1.165, 1.54) is 0 Å². The number of carboxylic acid groups (broad SMARTS) is 1. The fourth-order valence-corrected chi connectivity index (χ4v) is 2.68. The topological polar surface area (TPSA) is 77.8 Å². The van der Waals surface area contributed by atoms with Gasteiger partial charge in [0.05, 0.1) is 5.56 Å². The van der Waals surface area contributed by atoms with Gasteiger partial charge in [0.1, 0.15) is 0 Å². The van der Waals surface area contributed by atoms with E-state index >= 15 is 0 Å². The first-order valence-electron chi connectivity index (χ1n) is 7.69. The first-order chi connectivity index (χ1) is 12.1. The Kier molecular flexibility index (Phi) is 4.53. The summed E-state index contributed by atoms with van der Waals surface area (Å²) < 4.78 is 0. The van der Waals surface area contributed by atoms with Crippen LogP contribution in [0, 0.1) is 0 Å². The van der Waals surface area contributed by atoms with Crippen LogP contribution < -0.4 is 0 Å². The average Bonchev–Trinajstić information content (AvgIpc) is 2.67. The molecule has 0 aromatic heterocycles. The molecule has 4 aromatic rings. The number of aromatic carboxylic acids is 1. The van der Waals surface area contributed by atoms with Crippen LogP contribution in [-0.4, -0.2) is 21.3 Å². The Labute approximate surface area is 144 Å². The van der Waals surface area contributed by atoms with Crippen LogP contribution in [0.4, 0.5) is 0 Å². The van der Waals surface area contributed by atoms with Crippen LogP contribution in [-0.2, 0) is 0 Å². The highest BCUT2D eigenvalue weighted by Gasteiger charge is 2.11. The van der Waals surface area contributed by atoms with Gasteiger partial charge in [0.2, 0.25) is 0 Å². The number of phenols is 2. The molecule has 4 heteroatoms. The molecule has 3 N–H and O–H groups in total. The zero-order valence-electron chi connectivity index (χ0n) is 13.3. The largest absolute Gasteiger partial charge is 0.504 e. The summed E-state index contributed by atoms with van der Waals surface area (Å²) in [7, 11) is 0. The van der Waals surface area contributed by atoms with Crippen LogP contribution in [0.2, 0.25) is 0 Å². The summed E-state index contributed by atoms with van der Waals surface area (Å²) in [6.07, 6.45) is 0. The van der Waals surface area contributed by atoms with Crippen LogP contribution in [0.25, 0.3) is 21.5 Å². The quantitative estimate of drug-likeness (QED) is 0.346. The number of fused-ring (bicyclic) bond motifs is 3. The molecular weight excluding hydrogens is 316 g/mol. The molecule has 0 aliphatic carbocycles. The first-order valence-corrected chi connectivity index (χ1v) is 7.69. The van der Waals surface area contributed by atoms with Crippen molar-refractivity contribution < 1.29 is 20.1 Å². The monoisotopic (exact) mass is 332 g/mol. The van der Waals surface area contributed by atoms with Gasteiger partial charge in [-0.3, -0.25) is 0 Å². The number of hydrogen-bond donors (Lipinski definition) is 3. The smallest absolute Gasteiger partial charge is 0.335 e. The Morgan fingerprint density at radius 1 is 0.560 bits per heavy atom. The molecule has 0 aliphatic heterocycles. The Morgan fingerprint density at radius 2 is 0.920 bits per heavy atom. The van der Waals surface area contributed by atoms with Crippen molar-refractivity contribution in [3.63, 3.8) is 0 Å². The molecule has 0 heterocycles. The van der Waals surface area contributed by atoms with E-state index in [0.29, 0.717) is 16.3 Å². The van der Waals surface area contributed by atoms with Crippen LogP contribution in [0.5, 0.6) is 11.5 Å². The predicted molar refractivity (Wildman–Crippen MR) is 98.2 cm³/mol. The maximum Gasteiger partial charge on any atom is 0.335 e. The lowest BCUT2D eigenvalue weighted by molar-refractivity contribution is 0.0697. The zero-order chi connectivity index (χ0) is 17.8. The Hall–Kier alpha value is -3.53.